The summed E-state index contributed by atoms with van der Waals surface area (Å²) in [6, 6.07) is 12.9. The van der Waals surface area contributed by atoms with Crippen molar-refractivity contribution in [1.82, 2.24) is 25.5 Å². The second-order valence-corrected chi connectivity index (χ2v) is 9.45. The van der Waals surface area contributed by atoms with Crippen LogP contribution >= 0.6 is 11.3 Å². The van der Waals surface area contributed by atoms with E-state index in [4.69, 9.17) is 0 Å². The van der Waals surface area contributed by atoms with E-state index in [0.717, 1.165) is 37.1 Å². The van der Waals surface area contributed by atoms with Gasteiger partial charge >= 0.3 is 0 Å². The smallest absolute Gasteiger partial charge is 0.262 e. The van der Waals surface area contributed by atoms with Crippen LogP contribution in [0, 0.1) is 0 Å². The van der Waals surface area contributed by atoms with Crippen molar-refractivity contribution in [3.05, 3.63) is 76.0 Å². The molecular weight excluding hydrogens is 422 g/mol. The maximum Gasteiger partial charge on any atom is 0.262 e. The number of amides is 2. The Morgan fingerprint density at radius 2 is 1.97 bits per heavy atom. The molecule has 3 N–H and O–H groups in total. The molecule has 8 heteroatoms. The Morgan fingerprint density at radius 1 is 1.16 bits per heavy atom. The maximum atomic E-state index is 13.5. The van der Waals surface area contributed by atoms with Crippen molar-refractivity contribution in [2.75, 3.05) is 19.6 Å². The number of nitrogens with zero attached hydrogens (tertiary/aromatic N) is 2. The Hall–Kier alpha value is -2.97. The first kappa shape index (κ1) is 20.9. The first-order valence-corrected chi connectivity index (χ1v) is 12.0. The van der Waals surface area contributed by atoms with Crippen molar-refractivity contribution < 1.29 is 9.59 Å². The van der Waals surface area contributed by atoms with E-state index in [1.54, 1.807) is 12.4 Å². The molecule has 2 aliphatic rings. The molecule has 0 radical (unpaired) electrons. The number of hydrogen-bond donors (Lipinski definition) is 3. The summed E-state index contributed by atoms with van der Waals surface area (Å²) >= 11 is 1.38. The van der Waals surface area contributed by atoms with E-state index in [1.165, 1.54) is 17.0 Å². The molecule has 1 atom stereocenters. The first-order chi connectivity index (χ1) is 15.6. The van der Waals surface area contributed by atoms with Gasteiger partial charge < -0.3 is 20.5 Å². The van der Waals surface area contributed by atoms with Gasteiger partial charge in [0.25, 0.3) is 5.91 Å². The van der Waals surface area contributed by atoms with E-state index >= 15 is 0 Å². The lowest BCUT2D eigenvalue weighted by Crippen LogP contribution is -2.58. The summed E-state index contributed by atoms with van der Waals surface area (Å²) in [5, 5.41) is 8.53. The fourth-order valence-electron chi connectivity index (χ4n) is 4.86. The van der Waals surface area contributed by atoms with Crippen LogP contribution in [0.3, 0.4) is 0 Å². The zero-order chi connectivity index (χ0) is 22.0. The number of nitrogens with one attached hydrogen (secondary N) is 3. The summed E-state index contributed by atoms with van der Waals surface area (Å²) in [4.78, 5) is 36.7. The molecule has 0 aliphatic carbocycles. The molecule has 2 aliphatic heterocycles. The van der Waals surface area contributed by atoms with Crippen molar-refractivity contribution in [2.45, 2.75) is 37.3 Å². The van der Waals surface area contributed by atoms with Crippen LogP contribution in [0.4, 0.5) is 0 Å². The molecule has 4 heterocycles. The topological polar surface area (TPSA) is 90.1 Å². The number of fused-ring (bicyclic) bond motifs is 2. The summed E-state index contributed by atoms with van der Waals surface area (Å²) < 4.78 is 0. The van der Waals surface area contributed by atoms with Gasteiger partial charge in [-0.25, -0.2) is 4.98 Å². The molecule has 32 heavy (non-hydrogen) atoms. The highest BCUT2D eigenvalue weighted by Crippen LogP contribution is 2.36. The highest BCUT2D eigenvalue weighted by molar-refractivity contribution is 7.12. The van der Waals surface area contributed by atoms with Crippen LogP contribution in [0.5, 0.6) is 0 Å². The molecule has 5 rings (SSSR count). The standard InChI is InChI=1S/C24H27N5O2S/c30-22(20-7-4-14-32-20)28-19(15-17-5-2-1-3-6-17)23(31)29-12-9-24(10-13-29)21-18(8-11-27-24)25-16-26-21/h1-7,14,16,19,27H,8-13,15H2,(H,25,26)(H,28,30). The second kappa shape index (κ2) is 8.88. The average Bonchev–Trinajstić information content (AvgIpc) is 3.53. The second-order valence-electron chi connectivity index (χ2n) is 8.51. The number of imidazole rings is 1. The highest BCUT2D eigenvalue weighted by Gasteiger charge is 2.42. The molecule has 7 nitrogen and oxygen atoms in total. The number of hydrogen-bond acceptors (Lipinski definition) is 5. The van der Waals surface area contributed by atoms with Crippen LogP contribution in [0.2, 0.25) is 0 Å². The largest absolute Gasteiger partial charge is 0.348 e. The van der Waals surface area contributed by atoms with Crippen LogP contribution in [0.1, 0.15) is 39.5 Å². The number of piperidine rings is 1. The van der Waals surface area contributed by atoms with Gasteiger partial charge in [0.2, 0.25) is 5.91 Å². The minimum atomic E-state index is -0.596. The van der Waals surface area contributed by atoms with Crippen LogP contribution in [0.25, 0.3) is 0 Å². The van der Waals surface area contributed by atoms with E-state index < -0.39 is 6.04 Å². The predicted molar refractivity (Wildman–Crippen MR) is 124 cm³/mol. The highest BCUT2D eigenvalue weighted by atomic mass is 32.1. The Labute approximate surface area is 191 Å². The summed E-state index contributed by atoms with van der Waals surface area (Å²) in [5.74, 6) is -0.218. The Balaban J connectivity index is 1.31. The Bertz CT molecular complexity index is 1070. The van der Waals surface area contributed by atoms with Gasteiger partial charge in [0.1, 0.15) is 6.04 Å². The third kappa shape index (κ3) is 4.08. The molecular formula is C24H27N5O2S. The van der Waals surface area contributed by atoms with E-state index in [1.807, 2.05) is 46.7 Å². The summed E-state index contributed by atoms with van der Waals surface area (Å²) in [6.07, 6.45) is 4.82. The molecule has 2 aromatic heterocycles. The number of benzene rings is 1. The minimum absolute atomic E-state index is 0.0216. The lowest BCUT2D eigenvalue weighted by molar-refractivity contribution is -0.135. The van der Waals surface area contributed by atoms with Crippen molar-refractivity contribution in [3.8, 4) is 0 Å². The van der Waals surface area contributed by atoms with E-state index in [-0.39, 0.29) is 17.4 Å². The van der Waals surface area contributed by atoms with E-state index in [0.29, 0.717) is 24.4 Å². The normalized spacial score (nSPS) is 18.2. The van der Waals surface area contributed by atoms with Crippen molar-refractivity contribution >= 4 is 23.2 Å². The lowest BCUT2D eigenvalue weighted by atomic mass is 9.80. The molecule has 0 saturated carbocycles. The SMILES string of the molecule is O=C(NC(Cc1ccccc1)C(=O)N1CCC2(CC1)NCCc1[nH]cnc12)c1cccs1. The third-order valence-corrected chi connectivity index (χ3v) is 7.44. The first-order valence-electron chi connectivity index (χ1n) is 11.1. The van der Waals surface area contributed by atoms with Gasteiger partial charge in [-0.05, 0) is 29.9 Å². The summed E-state index contributed by atoms with van der Waals surface area (Å²) in [6.45, 7) is 2.19. The van der Waals surface area contributed by atoms with Crippen LogP contribution < -0.4 is 10.6 Å². The summed E-state index contributed by atoms with van der Waals surface area (Å²) in [7, 11) is 0. The van der Waals surface area contributed by atoms with Crippen LogP contribution in [0.15, 0.2) is 54.2 Å². The molecule has 2 amide bonds. The zero-order valence-corrected chi connectivity index (χ0v) is 18.7. The third-order valence-electron chi connectivity index (χ3n) is 6.57. The van der Waals surface area contributed by atoms with Gasteiger partial charge in [0.05, 0.1) is 22.4 Å². The van der Waals surface area contributed by atoms with Gasteiger partial charge in [0.15, 0.2) is 0 Å². The number of carbonyl (C=O) groups excluding carboxylic acids is 2. The van der Waals surface area contributed by atoms with E-state index in [2.05, 4.69) is 20.6 Å². The maximum absolute atomic E-state index is 13.5. The number of carbonyl (C=O) groups is 2. The van der Waals surface area contributed by atoms with Gasteiger partial charge in [-0.3, -0.25) is 9.59 Å². The minimum Gasteiger partial charge on any atom is -0.348 e. The molecule has 1 aromatic carbocycles. The fourth-order valence-corrected chi connectivity index (χ4v) is 5.49. The molecule has 1 saturated heterocycles. The number of likely N-dealkylation sites (tertiary alicyclic amines) is 1. The quantitative estimate of drug-likeness (QED) is 0.558. The average molecular weight is 450 g/mol. The van der Waals surface area contributed by atoms with E-state index in [9.17, 15) is 9.59 Å². The summed E-state index contributed by atoms with van der Waals surface area (Å²) in [5.41, 5.74) is 3.16. The molecule has 1 unspecified atom stereocenters. The monoisotopic (exact) mass is 449 g/mol. The van der Waals surface area contributed by atoms with Crippen molar-refractivity contribution in [2.24, 2.45) is 0 Å². The Morgan fingerprint density at radius 3 is 2.72 bits per heavy atom. The zero-order valence-electron chi connectivity index (χ0n) is 17.8. The number of H-pyrrole nitrogens is 1. The van der Waals surface area contributed by atoms with Gasteiger partial charge in [-0.2, -0.15) is 0 Å². The fraction of sp³-hybridized carbons (Fsp3) is 0.375. The van der Waals surface area contributed by atoms with Gasteiger partial charge in [-0.15, -0.1) is 11.3 Å². The molecule has 3 aromatic rings. The molecule has 1 spiro atoms. The number of aromatic nitrogens is 2. The van der Waals surface area contributed by atoms with Crippen molar-refractivity contribution in [1.29, 1.82) is 0 Å². The number of thiophene rings is 1. The lowest BCUT2D eigenvalue weighted by Gasteiger charge is -2.44. The number of aromatic amines is 1. The molecule has 166 valence electrons. The van der Waals surface area contributed by atoms with Gasteiger partial charge in [-0.1, -0.05) is 36.4 Å². The molecule has 0 bridgehead atoms. The Kier molecular flexibility index (Phi) is 5.80. The van der Waals surface area contributed by atoms with Crippen molar-refractivity contribution in [3.63, 3.8) is 0 Å². The van der Waals surface area contributed by atoms with Crippen LogP contribution in [-0.4, -0.2) is 52.4 Å². The number of rotatable bonds is 5. The molecule has 1 fully saturated rings. The predicted octanol–water partition coefficient (Wildman–Crippen LogP) is 2.48. The van der Waals surface area contributed by atoms with Crippen LogP contribution in [-0.2, 0) is 23.2 Å². The van der Waals surface area contributed by atoms with Gasteiger partial charge in [0, 0.05) is 38.2 Å².